The lowest BCUT2D eigenvalue weighted by Gasteiger charge is -2.05. The van der Waals surface area contributed by atoms with Gasteiger partial charge in [0.25, 0.3) is 5.91 Å². The minimum Gasteiger partial charge on any atom is -0.364 e. The quantitative estimate of drug-likeness (QED) is 0.831. The van der Waals surface area contributed by atoms with Gasteiger partial charge in [0.1, 0.15) is 11.4 Å². The van der Waals surface area contributed by atoms with Crippen molar-refractivity contribution in [3.63, 3.8) is 0 Å². The molecule has 17 heavy (non-hydrogen) atoms. The Bertz CT molecular complexity index is 338. The van der Waals surface area contributed by atoms with Gasteiger partial charge in [-0.2, -0.15) is 13.2 Å². The van der Waals surface area contributed by atoms with Crippen LogP contribution < -0.4 is 5.73 Å². The van der Waals surface area contributed by atoms with Gasteiger partial charge in [-0.15, -0.1) is 0 Å². The molecule has 98 valence electrons. The largest absolute Gasteiger partial charge is 0.433 e. The maximum atomic E-state index is 12.0. The number of rotatable bonds is 1. The third kappa shape index (κ3) is 6.55. The zero-order valence-electron chi connectivity index (χ0n) is 10.3. The molecule has 0 atom stereocenters. The second-order valence-electron chi connectivity index (χ2n) is 2.27. The Balaban J connectivity index is 0. The second kappa shape index (κ2) is 8.55. The van der Waals surface area contributed by atoms with E-state index in [2.05, 4.69) is 4.98 Å². The van der Waals surface area contributed by atoms with Gasteiger partial charge in [-0.05, 0) is 12.1 Å². The fourth-order valence-electron chi connectivity index (χ4n) is 0.730. The lowest BCUT2D eigenvalue weighted by Crippen LogP contribution is -2.16. The van der Waals surface area contributed by atoms with Crippen LogP contribution in [0.3, 0.4) is 0 Å². The summed E-state index contributed by atoms with van der Waals surface area (Å²) in [5, 5.41) is 0. The van der Waals surface area contributed by atoms with Crippen LogP contribution >= 0.6 is 0 Å². The highest BCUT2D eigenvalue weighted by atomic mass is 19.4. The number of amides is 1. The minimum atomic E-state index is -4.55. The number of aromatic nitrogens is 1. The summed E-state index contributed by atoms with van der Waals surface area (Å²) < 4.78 is 36.1. The summed E-state index contributed by atoms with van der Waals surface area (Å²) in [6.07, 6.45) is -4.55. The van der Waals surface area contributed by atoms with Gasteiger partial charge in [0.2, 0.25) is 0 Å². The number of hydrogen-bond donors (Lipinski definition) is 1. The first kappa shape index (κ1) is 17.8. The van der Waals surface area contributed by atoms with E-state index in [1.165, 1.54) is 0 Å². The third-order valence-electron chi connectivity index (χ3n) is 1.29. The van der Waals surface area contributed by atoms with Crippen LogP contribution in [0.15, 0.2) is 18.2 Å². The van der Waals surface area contributed by atoms with Crippen molar-refractivity contribution < 1.29 is 18.0 Å². The average Bonchev–Trinajstić information content (AvgIpc) is 2.33. The summed E-state index contributed by atoms with van der Waals surface area (Å²) in [5.74, 6) is -0.980. The Morgan fingerprint density at radius 1 is 1.18 bits per heavy atom. The van der Waals surface area contributed by atoms with Gasteiger partial charge < -0.3 is 5.73 Å². The van der Waals surface area contributed by atoms with Crippen molar-refractivity contribution in [1.82, 2.24) is 4.98 Å². The molecular weight excluding hydrogens is 233 g/mol. The number of halogens is 3. The van der Waals surface area contributed by atoms with E-state index in [0.29, 0.717) is 0 Å². The molecule has 1 rings (SSSR count). The van der Waals surface area contributed by atoms with Crippen molar-refractivity contribution in [3.05, 3.63) is 29.6 Å². The number of carbonyl (C=O) groups excluding carboxylic acids is 1. The predicted molar refractivity (Wildman–Crippen MR) is 60.5 cm³/mol. The molecule has 0 aliphatic rings. The SMILES string of the molecule is CC.CC.NC(=O)c1cccc(C(F)(F)F)n1. The first-order chi connectivity index (χ1) is 7.91. The van der Waals surface area contributed by atoms with Gasteiger partial charge in [0.15, 0.2) is 0 Å². The van der Waals surface area contributed by atoms with Crippen molar-refractivity contribution in [1.29, 1.82) is 0 Å². The number of nitrogens with zero attached hydrogens (tertiary/aromatic N) is 1. The molecular formula is C11H17F3N2O. The monoisotopic (exact) mass is 250 g/mol. The lowest BCUT2D eigenvalue weighted by molar-refractivity contribution is -0.141. The van der Waals surface area contributed by atoms with Gasteiger partial charge in [-0.25, -0.2) is 4.98 Å². The van der Waals surface area contributed by atoms with E-state index in [1.807, 2.05) is 27.7 Å². The van der Waals surface area contributed by atoms with E-state index < -0.39 is 23.5 Å². The van der Waals surface area contributed by atoms with Crippen molar-refractivity contribution in [2.45, 2.75) is 33.9 Å². The molecule has 0 spiro atoms. The van der Waals surface area contributed by atoms with Crippen LogP contribution in [-0.2, 0) is 6.18 Å². The van der Waals surface area contributed by atoms with Gasteiger partial charge in [-0.3, -0.25) is 4.79 Å². The van der Waals surface area contributed by atoms with E-state index in [1.54, 1.807) is 0 Å². The van der Waals surface area contributed by atoms with Crippen LogP contribution in [0.5, 0.6) is 0 Å². The van der Waals surface area contributed by atoms with Gasteiger partial charge in [0.05, 0.1) is 0 Å². The molecule has 0 unspecified atom stereocenters. The highest BCUT2D eigenvalue weighted by Crippen LogP contribution is 2.27. The molecule has 0 bridgehead atoms. The zero-order chi connectivity index (χ0) is 14.1. The Labute approximate surface area is 98.9 Å². The van der Waals surface area contributed by atoms with Crippen molar-refractivity contribution in [2.24, 2.45) is 5.73 Å². The summed E-state index contributed by atoms with van der Waals surface area (Å²) in [4.78, 5) is 13.5. The Morgan fingerprint density at radius 2 is 1.65 bits per heavy atom. The third-order valence-corrected chi connectivity index (χ3v) is 1.29. The normalized spacial score (nSPS) is 9.35. The molecule has 0 radical (unpaired) electrons. The first-order valence-corrected chi connectivity index (χ1v) is 5.25. The van der Waals surface area contributed by atoms with Crippen LogP contribution in [0.2, 0.25) is 0 Å². The maximum Gasteiger partial charge on any atom is 0.433 e. The molecule has 0 saturated heterocycles. The molecule has 1 heterocycles. The van der Waals surface area contributed by atoms with Crippen LogP contribution in [-0.4, -0.2) is 10.9 Å². The van der Waals surface area contributed by atoms with Crippen LogP contribution in [0.1, 0.15) is 43.9 Å². The summed E-state index contributed by atoms with van der Waals surface area (Å²) >= 11 is 0. The molecule has 1 aromatic heterocycles. The number of hydrogen-bond acceptors (Lipinski definition) is 2. The second-order valence-corrected chi connectivity index (χ2v) is 2.27. The van der Waals surface area contributed by atoms with Gasteiger partial charge >= 0.3 is 6.18 Å². The maximum absolute atomic E-state index is 12.0. The number of nitrogens with two attached hydrogens (primary N) is 1. The van der Waals surface area contributed by atoms with Gasteiger partial charge in [0, 0.05) is 0 Å². The number of carbonyl (C=O) groups is 1. The first-order valence-electron chi connectivity index (χ1n) is 5.25. The lowest BCUT2D eigenvalue weighted by atomic mass is 10.3. The Kier molecular flexibility index (Phi) is 8.95. The van der Waals surface area contributed by atoms with E-state index in [9.17, 15) is 18.0 Å². The number of primary amides is 1. The Morgan fingerprint density at radius 3 is 2.00 bits per heavy atom. The molecule has 0 aromatic carbocycles. The molecule has 1 aromatic rings. The molecule has 0 aliphatic heterocycles. The fourth-order valence-corrected chi connectivity index (χ4v) is 0.730. The molecule has 0 fully saturated rings. The van der Waals surface area contributed by atoms with Crippen LogP contribution in [0, 0.1) is 0 Å². The summed E-state index contributed by atoms with van der Waals surface area (Å²) in [6, 6.07) is 2.97. The molecule has 3 nitrogen and oxygen atoms in total. The van der Waals surface area contributed by atoms with Crippen molar-refractivity contribution >= 4 is 5.91 Å². The molecule has 0 saturated carbocycles. The smallest absolute Gasteiger partial charge is 0.364 e. The Hall–Kier alpha value is -1.59. The van der Waals surface area contributed by atoms with E-state index in [0.717, 1.165) is 18.2 Å². The van der Waals surface area contributed by atoms with E-state index >= 15 is 0 Å². The highest BCUT2D eigenvalue weighted by Gasteiger charge is 2.32. The summed E-state index contributed by atoms with van der Waals surface area (Å²) in [5.41, 5.74) is 3.24. The molecule has 6 heteroatoms. The fraction of sp³-hybridized carbons (Fsp3) is 0.455. The van der Waals surface area contributed by atoms with E-state index in [4.69, 9.17) is 5.73 Å². The molecule has 0 aliphatic carbocycles. The standard InChI is InChI=1S/C7H5F3N2O.2C2H6/c8-7(9,10)5-3-1-2-4(12-5)6(11)13;2*1-2/h1-3H,(H2,11,13);2*1-2H3. The average molecular weight is 250 g/mol. The highest BCUT2D eigenvalue weighted by molar-refractivity contribution is 5.90. The molecule has 2 N–H and O–H groups in total. The number of pyridine rings is 1. The zero-order valence-corrected chi connectivity index (χ0v) is 10.3. The van der Waals surface area contributed by atoms with E-state index in [-0.39, 0.29) is 0 Å². The summed E-state index contributed by atoms with van der Waals surface area (Å²) in [6.45, 7) is 8.00. The topological polar surface area (TPSA) is 56.0 Å². The predicted octanol–water partition coefficient (Wildman–Crippen LogP) is 3.25. The number of alkyl halides is 3. The van der Waals surface area contributed by atoms with Gasteiger partial charge in [-0.1, -0.05) is 33.8 Å². The molecule has 1 amide bonds. The van der Waals surface area contributed by atoms with Crippen molar-refractivity contribution in [3.8, 4) is 0 Å². The van der Waals surface area contributed by atoms with Crippen LogP contribution in [0.25, 0.3) is 0 Å². The minimum absolute atomic E-state index is 0.394. The summed E-state index contributed by atoms with van der Waals surface area (Å²) in [7, 11) is 0. The van der Waals surface area contributed by atoms with Crippen molar-refractivity contribution in [2.75, 3.05) is 0 Å². The van der Waals surface area contributed by atoms with Crippen LogP contribution in [0.4, 0.5) is 13.2 Å².